The minimum absolute atomic E-state index is 0.0431. The van der Waals surface area contributed by atoms with E-state index in [1.165, 1.54) is 4.90 Å². The van der Waals surface area contributed by atoms with Crippen molar-refractivity contribution in [2.75, 3.05) is 45.6 Å². The number of sulfone groups is 1. The number of methoxy groups -OCH3 is 1. The summed E-state index contributed by atoms with van der Waals surface area (Å²) >= 11 is 0. The first-order valence-electron chi connectivity index (χ1n) is 5.74. The summed E-state index contributed by atoms with van der Waals surface area (Å²) in [6, 6.07) is -0.566. The zero-order valence-corrected chi connectivity index (χ0v) is 11.5. The summed E-state index contributed by atoms with van der Waals surface area (Å²) in [5, 5.41) is 2.56. The number of hydrogen-bond acceptors (Lipinski definition) is 5. The lowest BCUT2D eigenvalue weighted by atomic mass is 10.2. The molecule has 1 saturated heterocycles. The lowest BCUT2D eigenvalue weighted by Crippen LogP contribution is -2.44. The summed E-state index contributed by atoms with van der Waals surface area (Å²) < 4.78 is 32.5. The third-order valence-electron chi connectivity index (χ3n) is 2.83. The molecule has 1 N–H and O–H groups in total. The molecule has 1 rings (SSSR count). The van der Waals surface area contributed by atoms with E-state index in [1.807, 2.05) is 0 Å². The van der Waals surface area contributed by atoms with Crippen LogP contribution >= 0.6 is 0 Å². The first kappa shape index (κ1) is 15.2. The molecule has 0 aromatic heterocycles. The highest BCUT2D eigenvalue weighted by Gasteiger charge is 2.32. The maximum atomic E-state index is 11.7. The molecule has 18 heavy (non-hydrogen) atoms. The molecule has 1 fully saturated rings. The molecular formula is C10H20N2O5S. The van der Waals surface area contributed by atoms with Gasteiger partial charge in [0.05, 0.1) is 24.7 Å². The van der Waals surface area contributed by atoms with Gasteiger partial charge in [-0.1, -0.05) is 0 Å². The van der Waals surface area contributed by atoms with E-state index < -0.39 is 9.84 Å². The van der Waals surface area contributed by atoms with Crippen molar-refractivity contribution in [2.45, 2.75) is 12.5 Å². The number of nitrogens with one attached hydrogen (secondary N) is 1. The highest BCUT2D eigenvalue weighted by Crippen LogP contribution is 2.16. The van der Waals surface area contributed by atoms with Gasteiger partial charge < -0.3 is 19.7 Å². The molecule has 0 spiro atoms. The van der Waals surface area contributed by atoms with Crippen LogP contribution in [-0.2, 0) is 19.3 Å². The summed E-state index contributed by atoms with van der Waals surface area (Å²) in [6.45, 7) is 0.955. The maximum Gasteiger partial charge on any atom is 0.319 e. The molecule has 0 bridgehead atoms. The van der Waals surface area contributed by atoms with Gasteiger partial charge in [0.1, 0.15) is 6.73 Å². The first-order valence-corrected chi connectivity index (χ1v) is 7.56. The van der Waals surface area contributed by atoms with E-state index in [0.717, 1.165) is 0 Å². The molecule has 0 aliphatic carbocycles. The Morgan fingerprint density at radius 3 is 2.72 bits per heavy atom. The Morgan fingerprint density at radius 1 is 1.44 bits per heavy atom. The number of amides is 2. The van der Waals surface area contributed by atoms with Crippen LogP contribution in [0.5, 0.6) is 0 Å². The zero-order chi connectivity index (χ0) is 13.6. The largest absolute Gasteiger partial charge is 0.382 e. The average Bonchev–Trinajstić information content (AvgIpc) is 2.68. The second-order valence-corrected chi connectivity index (χ2v) is 6.42. The minimum Gasteiger partial charge on any atom is -0.382 e. The van der Waals surface area contributed by atoms with Gasteiger partial charge >= 0.3 is 6.03 Å². The van der Waals surface area contributed by atoms with Crippen molar-refractivity contribution >= 4 is 15.9 Å². The molecule has 1 aliphatic rings. The lowest BCUT2D eigenvalue weighted by molar-refractivity contribution is 0.0615. The molecule has 106 valence electrons. The maximum absolute atomic E-state index is 11.7. The quantitative estimate of drug-likeness (QED) is 0.520. The molecule has 1 heterocycles. The van der Waals surface area contributed by atoms with E-state index in [1.54, 1.807) is 14.2 Å². The molecule has 0 saturated carbocycles. The molecule has 0 aromatic rings. The minimum atomic E-state index is -2.98. The summed E-state index contributed by atoms with van der Waals surface area (Å²) in [4.78, 5) is 13.1. The second kappa shape index (κ2) is 6.91. The predicted molar refractivity (Wildman–Crippen MR) is 66.0 cm³/mol. The molecule has 1 unspecified atom stereocenters. The Bertz CT molecular complexity index is 370. The summed E-state index contributed by atoms with van der Waals surface area (Å²) in [5.41, 5.74) is 0. The second-order valence-electron chi connectivity index (χ2n) is 4.20. The fourth-order valence-corrected chi connectivity index (χ4v) is 3.47. The van der Waals surface area contributed by atoms with Gasteiger partial charge in [0, 0.05) is 20.2 Å². The van der Waals surface area contributed by atoms with Crippen molar-refractivity contribution in [1.29, 1.82) is 0 Å². The van der Waals surface area contributed by atoms with Gasteiger partial charge in [-0.2, -0.15) is 0 Å². The van der Waals surface area contributed by atoms with Crippen molar-refractivity contribution in [3.05, 3.63) is 0 Å². The highest BCUT2D eigenvalue weighted by molar-refractivity contribution is 7.91. The summed E-state index contributed by atoms with van der Waals surface area (Å²) in [7, 11) is 0.183. The van der Waals surface area contributed by atoms with Gasteiger partial charge in [0.2, 0.25) is 0 Å². The number of rotatable bonds is 6. The van der Waals surface area contributed by atoms with Gasteiger partial charge in [-0.15, -0.1) is 0 Å². The third kappa shape index (κ3) is 4.79. The molecule has 0 aromatic carbocycles. The topological polar surface area (TPSA) is 84.9 Å². The van der Waals surface area contributed by atoms with Crippen LogP contribution in [0.2, 0.25) is 0 Å². The normalized spacial score (nSPS) is 21.8. The molecule has 1 aliphatic heterocycles. The molecule has 0 radical (unpaired) electrons. The summed E-state index contributed by atoms with van der Waals surface area (Å²) in [6.07, 6.45) is 0.497. The van der Waals surface area contributed by atoms with Crippen LogP contribution in [0.4, 0.5) is 4.79 Å². The van der Waals surface area contributed by atoms with Crippen molar-refractivity contribution in [2.24, 2.45) is 0 Å². The molecule has 2 amide bonds. The first-order chi connectivity index (χ1) is 8.46. The fourth-order valence-electron chi connectivity index (χ4n) is 1.70. The van der Waals surface area contributed by atoms with E-state index in [9.17, 15) is 13.2 Å². The standard InChI is InChI=1S/C10H20N2O5S/c1-12(9-3-6-18(14,15)7-9)10(13)11-8-17-5-4-16-2/h9H,3-8H2,1-2H3,(H,11,13). The smallest absolute Gasteiger partial charge is 0.319 e. The van der Waals surface area contributed by atoms with E-state index in [4.69, 9.17) is 9.47 Å². The monoisotopic (exact) mass is 280 g/mol. The van der Waals surface area contributed by atoms with Gasteiger partial charge in [0.15, 0.2) is 9.84 Å². The van der Waals surface area contributed by atoms with Crippen LogP contribution < -0.4 is 5.32 Å². The number of ether oxygens (including phenoxy) is 2. The SMILES string of the molecule is COCCOCNC(=O)N(C)C1CCS(=O)(=O)C1. The average molecular weight is 280 g/mol. The van der Waals surface area contributed by atoms with E-state index >= 15 is 0 Å². The number of carbonyl (C=O) groups excluding carboxylic acids is 1. The molecule has 8 heteroatoms. The van der Waals surface area contributed by atoms with Crippen LogP contribution in [-0.4, -0.2) is 71.0 Å². The van der Waals surface area contributed by atoms with Crippen molar-refractivity contribution in [3.8, 4) is 0 Å². The van der Waals surface area contributed by atoms with Gasteiger partial charge in [-0.25, -0.2) is 13.2 Å². The summed E-state index contributed by atoms with van der Waals surface area (Å²) in [5.74, 6) is 0.196. The predicted octanol–water partition coefficient (Wildman–Crippen LogP) is -0.565. The Morgan fingerprint density at radius 2 is 2.17 bits per heavy atom. The number of nitrogens with zero attached hydrogens (tertiary/aromatic N) is 1. The number of carbonyl (C=O) groups is 1. The van der Waals surface area contributed by atoms with Crippen molar-refractivity contribution < 1.29 is 22.7 Å². The Balaban J connectivity index is 2.25. The molecular weight excluding hydrogens is 260 g/mol. The van der Waals surface area contributed by atoms with Crippen LogP contribution in [0.1, 0.15) is 6.42 Å². The van der Waals surface area contributed by atoms with Crippen molar-refractivity contribution in [3.63, 3.8) is 0 Å². The van der Waals surface area contributed by atoms with E-state index in [2.05, 4.69) is 5.32 Å². The third-order valence-corrected chi connectivity index (χ3v) is 4.58. The van der Waals surface area contributed by atoms with Gasteiger partial charge in [0.25, 0.3) is 0 Å². The van der Waals surface area contributed by atoms with Crippen LogP contribution in [0.3, 0.4) is 0 Å². The Kier molecular flexibility index (Phi) is 5.83. The van der Waals surface area contributed by atoms with Crippen LogP contribution in [0, 0.1) is 0 Å². The van der Waals surface area contributed by atoms with Crippen molar-refractivity contribution in [1.82, 2.24) is 10.2 Å². The van der Waals surface area contributed by atoms with E-state index in [-0.39, 0.29) is 30.3 Å². The Labute approximate surface area is 107 Å². The number of hydrogen-bond donors (Lipinski definition) is 1. The number of urea groups is 1. The van der Waals surface area contributed by atoms with Crippen LogP contribution in [0.25, 0.3) is 0 Å². The van der Waals surface area contributed by atoms with Gasteiger partial charge in [-0.3, -0.25) is 0 Å². The lowest BCUT2D eigenvalue weighted by Gasteiger charge is -2.23. The molecule has 7 nitrogen and oxygen atoms in total. The Hall–Kier alpha value is -0.860. The zero-order valence-electron chi connectivity index (χ0n) is 10.7. The van der Waals surface area contributed by atoms with E-state index in [0.29, 0.717) is 19.6 Å². The van der Waals surface area contributed by atoms with Gasteiger partial charge in [-0.05, 0) is 6.42 Å². The molecule has 1 atom stereocenters. The highest BCUT2D eigenvalue weighted by atomic mass is 32.2. The fraction of sp³-hybridized carbons (Fsp3) is 0.900. The van der Waals surface area contributed by atoms with Crippen LogP contribution in [0.15, 0.2) is 0 Å².